The van der Waals surface area contributed by atoms with E-state index in [1.807, 2.05) is 35.9 Å². The highest BCUT2D eigenvalue weighted by atomic mass is 19.4. The van der Waals surface area contributed by atoms with Crippen LogP contribution < -0.4 is 15.0 Å². The SMILES string of the molecule is Cc1nccn1CCNC(=O)[C@@H]1C[C@H](Oc2ccccc2)CN1c1ccc(C#N)c(C(F)(F)F)c1. The van der Waals surface area contributed by atoms with Crippen LogP contribution in [0.5, 0.6) is 5.75 Å². The maximum atomic E-state index is 13.6. The Morgan fingerprint density at radius 3 is 2.69 bits per heavy atom. The van der Waals surface area contributed by atoms with Gasteiger partial charge in [0.25, 0.3) is 0 Å². The highest BCUT2D eigenvalue weighted by molar-refractivity contribution is 5.86. The summed E-state index contributed by atoms with van der Waals surface area (Å²) in [6.07, 6.45) is -1.32. The van der Waals surface area contributed by atoms with Crippen molar-refractivity contribution in [3.8, 4) is 11.8 Å². The molecule has 2 heterocycles. The Bertz CT molecular complexity index is 1220. The van der Waals surface area contributed by atoms with Gasteiger partial charge in [-0.25, -0.2) is 4.98 Å². The van der Waals surface area contributed by atoms with E-state index in [1.165, 1.54) is 6.07 Å². The maximum Gasteiger partial charge on any atom is 0.417 e. The molecular formula is C25H24F3N5O2. The first-order valence-corrected chi connectivity index (χ1v) is 11.1. The smallest absolute Gasteiger partial charge is 0.417 e. The predicted molar refractivity (Wildman–Crippen MR) is 123 cm³/mol. The monoisotopic (exact) mass is 483 g/mol. The van der Waals surface area contributed by atoms with Crippen molar-refractivity contribution in [1.82, 2.24) is 14.9 Å². The van der Waals surface area contributed by atoms with Crippen LogP contribution in [0.4, 0.5) is 18.9 Å². The molecule has 1 saturated heterocycles. The molecule has 1 aromatic heterocycles. The van der Waals surface area contributed by atoms with Gasteiger partial charge in [0.15, 0.2) is 0 Å². The van der Waals surface area contributed by atoms with Gasteiger partial charge in [-0.05, 0) is 37.3 Å². The van der Waals surface area contributed by atoms with Crippen LogP contribution in [0.25, 0.3) is 0 Å². The van der Waals surface area contributed by atoms with E-state index in [0.29, 0.717) is 25.3 Å². The zero-order chi connectivity index (χ0) is 25.0. The molecular weight excluding hydrogens is 459 g/mol. The maximum absolute atomic E-state index is 13.6. The Balaban J connectivity index is 1.56. The van der Waals surface area contributed by atoms with Crippen LogP contribution in [-0.2, 0) is 17.5 Å². The minimum atomic E-state index is -4.69. The Labute approximate surface area is 200 Å². The first-order valence-electron chi connectivity index (χ1n) is 11.1. The van der Waals surface area contributed by atoms with Crippen LogP contribution in [0, 0.1) is 18.3 Å². The molecule has 0 saturated carbocycles. The third-order valence-corrected chi connectivity index (χ3v) is 5.95. The first kappa shape index (κ1) is 24.1. The molecule has 1 fully saturated rings. The van der Waals surface area contributed by atoms with Crippen molar-refractivity contribution >= 4 is 11.6 Å². The van der Waals surface area contributed by atoms with Crippen LogP contribution in [0.15, 0.2) is 60.9 Å². The molecule has 7 nitrogen and oxygen atoms in total. The number of amides is 1. The zero-order valence-corrected chi connectivity index (χ0v) is 19.0. The minimum Gasteiger partial charge on any atom is -0.488 e. The van der Waals surface area contributed by atoms with Crippen molar-refractivity contribution in [2.75, 3.05) is 18.0 Å². The molecule has 0 spiro atoms. The Hall–Kier alpha value is -4.00. The highest BCUT2D eigenvalue weighted by Crippen LogP contribution is 2.36. The molecule has 182 valence electrons. The molecule has 10 heteroatoms. The largest absolute Gasteiger partial charge is 0.488 e. The summed E-state index contributed by atoms with van der Waals surface area (Å²) in [7, 11) is 0. The van der Waals surface area contributed by atoms with E-state index in [2.05, 4.69) is 10.3 Å². The molecule has 1 amide bonds. The van der Waals surface area contributed by atoms with Gasteiger partial charge in [0, 0.05) is 37.6 Å². The van der Waals surface area contributed by atoms with Gasteiger partial charge in [-0.3, -0.25) is 4.79 Å². The van der Waals surface area contributed by atoms with E-state index in [9.17, 15) is 18.0 Å². The molecule has 35 heavy (non-hydrogen) atoms. The van der Waals surface area contributed by atoms with Crippen molar-refractivity contribution in [2.45, 2.75) is 38.2 Å². The van der Waals surface area contributed by atoms with Gasteiger partial charge in [0.1, 0.15) is 23.7 Å². The third-order valence-electron chi connectivity index (χ3n) is 5.95. The van der Waals surface area contributed by atoms with Crippen molar-refractivity contribution < 1.29 is 22.7 Å². The number of para-hydroxylation sites is 1. The number of nitrogens with one attached hydrogen (secondary N) is 1. The second-order valence-electron chi connectivity index (χ2n) is 8.26. The number of nitriles is 1. The number of aromatic nitrogens is 2. The van der Waals surface area contributed by atoms with E-state index >= 15 is 0 Å². The number of hydrogen-bond donors (Lipinski definition) is 1. The number of rotatable bonds is 7. The summed E-state index contributed by atoms with van der Waals surface area (Å²) in [5.74, 6) is 1.13. The molecule has 2 aromatic carbocycles. The summed E-state index contributed by atoms with van der Waals surface area (Å²) in [5.41, 5.74) is -1.28. The lowest BCUT2D eigenvalue weighted by Crippen LogP contribution is -2.44. The minimum absolute atomic E-state index is 0.209. The number of nitrogens with zero attached hydrogens (tertiary/aromatic N) is 4. The number of hydrogen-bond acceptors (Lipinski definition) is 5. The summed E-state index contributed by atoms with van der Waals surface area (Å²) in [6, 6.07) is 13.4. The number of carbonyl (C=O) groups is 1. The van der Waals surface area contributed by atoms with E-state index in [4.69, 9.17) is 10.00 Å². The molecule has 0 aliphatic carbocycles. The summed E-state index contributed by atoms with van der Waals surface area (Å²) < 4.78 is 48.6. The third kappa shape index (κ3) is 5.57. The number of alkyl halides is 3. The second kappa shape index (κ2) is 10.1. The fourth-order valence-electron chi connectivity index (χ4n) is 4.21. The number of imidazole rings is 1. The molecule has 1 N–H and O–H groups in total. The van der Waals surface area contributed by atoms with Crippen molar-refractivity contribution in [2.24, 2.45) is 0 Å². The standard InChI is InChI=1S/C25H24F3N5O2/c1-17-30-9-11-32(17)12-10-31-24(34)23-14-21(35-20-5-3-2-4-6-20)16-33(23)19-8-7-18(15-29)22(13-19)25(26,27)28/h2-9,11,13,21,23H,10,12,14,16H2,1H3,(H,31,34)/t21-,23-/m0/s1. The molecule has 4 rings (SSSR count). The first-order chi connectivity index (χ1) is 16.8. The average molecular weight is 483 g/mol. The summed E-state index contributed by atoms with van der Waals surface area (Å²) in [5, 5.41) is 12.0. The fourth-order valence-corrected chi connectivity index (χ4v) is 4.21. The van der Waals surface area contributed by atoms with Crippen LogP contribution in [0.1, 0.15) is 23.4 Å². The van der Waals surface area contributed by atoms with Crippen molar-refractivity contribution in [3.05, 3.63) is 77.9 Å². The number of anilines is 1. The lowest BCUT2D eigenvalue weighted by Gasteiger charge is -2.26. The Kier molecular flexibility index (Phi) is 6.96. The number of ether oxygens (including phenoxy) is 1. The van der Waals surface area contributed by atoms with Crippen LogP contribution >= 0.6 is 0 Å². The fraction of sp³-hybridized carbons (Fsp3) is 0.320. The summed E-state index contributed by atoms with van der Waals surface area (Å²) >= 11 is 0. The molecule has 0 bridgehead atoms. The van der Waals surface area contributed by atoms with Crippen molar-refractivity contribution in [1.29, 1.82) is 5.26 Å². The normalized spacial score (nSPS) is 17.7. The van der Waals surface area contributed by atoms with E-state index in [1.54, 1.807) is 29.3 Å². The quantitative estimate of drug-likeness (QED) is 0.551. The number of carbonyl (C=O) groups excluding carboxylic acids is 1. The topological polar surface area (TPSA) is 83.2 Å². The van der Waals surface area contributed by atoms with Gasteiger partial charge in [-0.15, -0.1) is 0 Å². The van der Waals surface area contributed by atoms with E-state index in [-0.39, 0.29) is 18.1 Å². The molecule has 1 aliphatic rings. The van der Waals surface area contributed by atoms with Gasteiger partial charge in [-0.1, -0.05) is 18.2 Å². The van der Waals surface area contributed by atoms with Gasteiger partial charge in [0.05, 0.1) is 23.7 Å². The van der Waals surface area contributed by atoms with Gasteiger partial charge < -0.3 is 19.5 Å². The average Bonchev–Trinajstić information content (AvgIpc) is 3.45. The molecule has 1 aliphatic heterocycles. The number of halogens is 3. The zero-order valence-electron chi connectivity index (χ0n) is 19.0. The summed E-state index contributed by atoms with van der Waals surface area (Å²) in [6.45, 7) is 2.93. The summed E-state index contributed by atoms with van der Waals surface area (Å²) in [4.78, 5) is 18.9. The lowest BCUT2D eigenvalue weighted by molar-refractivity contribution is -0.137. The van der Waals surface area contributed by atoms with Crippen LogP contribution in [-0.4, -0.2) is 40.7 Å². The van der Waals surface area contributed by atoms with E-state index < -0.39 is 29.4 Å². The van der Waals surface area contributed by atoms with Gasteiger partial charge in [-0.2, -0.15) is 18.4 Å². The van der Waals surface area contributed by atoms with E-state index in [0.717, 1.165) is 18.0 Å². The number of aryl methyl sites for hydroxylation is 1. The number of benzene rings is 2. The van der Waals surface area contributed by atoms with Crippen LogP contribution in [0.3, 0.4) is 0 Å². The lowest BCUT2D eigenvalue weighted by atomic mass is 10.1. The highest BCUT2D eigenvalue weighted by Gasteiger charge is 2.40. The van der Waals surface area contributed by atoms with Crippen LogP contribution in [0.2, 0.25) is 0 Å². The van der Waals surface area contributed by atoms with Crippen molar-refractivity contribution in [3.63, 3.8) is 0 Å². The van der Waals surface area contributed by atoms with Gasteiger partial charge >= 0.3 is 6.18 Å². The van der Waals surface area contributed by atoms with Gasteiger partial charge in [0.2, 0.25) is 5.91 Å². The predicted octanol–water partition coefficient (Wildman–Crippen LogP) is 3.92. The Morgan fingerprint density at radius 2 is 2.03 bits per heavy atom. The molecule has 0 radical (unpaired) electrons. The molecule has 3 aromatic rings. The Morgan fingerprint density at radius 1 is 1.26 bits per heavy atom. The molecule has 0 unspecified atom stereocenters. The second-order valence-corrected chi connectivity index (χ2v) is 8.26. The molecule has 2 atom stereocenters.